The van der Waals surface area contributed by atoms with Crippen molar-refractivity contribution in [2.24, 2.45) is 0 Å². The molecule has 0 fully saturated rings. The summed E-state index contributed by atoms with van der Waals surface area (Å²) in [6, 6.07) is 13.2. The molecule has 0 radical (unpaired) electrons. The highest BCUT2D eigenvalue weighted by Crippen LogP contribution is 2.10. The van der Waals surface area contributed by atoms with Gasteiger partial charge in [0.05, 0.1) is 6.04 Å². The van der Waals surface area contributed by atoms with E-state index < -0.39 is 0 Å². The Balaban J connectivity index is 1.81. The molecule has 108 valence electrons. The molecule has 1 unspecified atom stereocenters. The Morgan fingerprint density at radius 1 is 1.10 bits per heavy atom. The second-order valence-electron chi connectivity index (χ2n) is 4.42. The van der Waals surface area contributed by atoms with Crippen LogP contribution in [0.4, 0.5) is 0 Å². The summed E-state index contributed by atoms with van der Waals surface area (Å²) in [4.78, 5) is 15.7. The van der Waals surface area contributed by atoms with Crippen LogP contribution in [0.15, 0.2) is 54.9 Å². The second-order valence-corrected chi connectivity index (χ2v) is 4.83. The van der Waals surface area contributed by atoms with Gasteiger partial charge in [-0.05, 0) is 36.8 Å². The molecule has 1 atom stereocenters. The molecule has 5 nitrogen and oxygen atoms in total. The fourth-order valence-corrected chi connectivity index (χ4v) is 1.97. The Hall–Kier alpha value is -2.47. The first kappa shape index (κ1) is 14.9. The normalized spacial score (nSPS) is 11.3. The zero-order valence-electron chi connectivity index (χ0n) is 11.5. The van der Waals surface area contributed by atoms with E-state index in [2.05, 4.69) is 21.2 Å². The monoisotopic (exact) mass is 300 g/mol. The summed E-state index contributed by atoms with van der Waals surface area (Å²) in [5.41, 5.74) is 6.84. The van der Waals surface area contributed by atoms with Crippen molar-refractivity contribution in [1.82, 2.24) is 21.2 Å². The molecular weight excluding hydrogens is 284 g/mol. The van der Waals surface area contributed by atoms with Gasteiger partial charge in [-0.15, -0.1) is 0 Å². The van der Waals surface area contributed by atoms with Crippen LogP contribution in [0.3, 0.4) is 0 Å². The van der Waals surface area contributed by atoms with Gasteiger partial charge in [-0.2, -0.15) is 0 Å². The maximum absolute atomic E-state index is 11.8. The van der Waals surface area contributed by atoms with Gasteiger partial charge in [0.15, 0.2) is 5.11 Å². The Morgan fingerprint density at radius 2 is 1.76 bits per heavy atom. The third-order valence-electron chi connectivity index (χ3n) is 2.88. The minimum Gasteiger partial charge on any atom is -0.355 e. The van der Waals surface area contributed by atoms with Gasteiger partial charge in [0.2, 0.25) is 0 Å². The predicted molar refractivity (Wildman–Crippen MR) is 85.4 cm³/mol. The molecular formula is C15H16N4OS. The summed E-state index contributed by atoms with van der Waals surface area (Å²) in [7, 11) is 0. The molecule has 1 aromatic heterocycles. The third-order valence-corrected chi connectivity index (χ3v) is 3.10. The van der Waals surface area contributed by atoms with E-state index >= 15 is 0 Å². The lowest BCUT2D eigenvalue weighted by Crippen LogP contribution is -2.47. The van der Waals surface area contributed by atoms with Crippen LogP contribution in [0.2, 0.25) is 0 Å². The third kappa shape index (κ3) is 4.54. The first-order valence-corrected chi connectivity index (χ1v) is 6.89. The van der Waals surface area contributed by atoms with Crippen LogP contribution in [0.25, 0.3) is 0 Å². The molecule has 6 heteroatoms. The SMILES string of the molecule is CC(NC(=S)NNC(=O)c1ccncc1)c1ccccc1. The van der Waals surface area contributed by atoms with E-state index in [1.807, 2.05) is 37.3 Å². The van der Waals surface area contributed by atoms with Crippen molar-refractivity contribution in [3.8, 4) is 0 Å². The molecule has 0 bridgehead atoms. The van der Waals surface area contributed by atoms with Crippen molar-refractivity contribution in [1.29, 1.82) is 0 Å². The highest BCUT2D eigenvalue weighted by molar-refractivity contribution is 7.80. The molecule has 2 rings (SSSR count). The summed E-state index contributed by atoms with van der Waals surface area (Å²) in [6.45, 7) is 1.99. The highest BCUT2D eigenvalue weighted by atomic mass is 32.1. The van der Waals surface area contributed by atoms with Gasteiger partial charge in [-0.3, -0.25) is 20.6 Å². The van der Waals surface area contributed by atoms with Gasteiger partial charge in [0.1, 0.15) is 0 Å². The molecule has 1 amide bonds. The van der Waals surface area contributed by atoms with Crippen molar-refractivity contribution >= 4 is 23.2 Å². The molecule has 1 heterocycles. The van der Waals surface area contributed by atoms with E-state index in [-0.39, 0.29) is 11.9 Å². The van der Waals surface area contributed by atoms with Crippen LogP contribution in [0, 0.1) is 0 Å². The minimum absolute atomic E-state index is 0.0454. The quantitative estimate of drug-likeness (QED) is 0.597. The number of rotatable bonds is 3. The van der Waals surface area contributed by atoms with E-state index in [9.17, 15) is 4.79 Å². The number of hydrazine groups is 1. The Morgan fingerprint density at radius 3 is 2.43 bits per heavy atom. The van der Waals surface area contributed by atoms with E-state index in [0.717, 1.165) is 5.56 Å². The number of benzene rings is 1. The van der Waals surface area contributed by atoms with E-state index in [1.54, 1.807) is 24.5 Å². The number of amides is 1. The fourth-order valence-electron chi connectivity index (χ4n) is 1.75. The van der Waals surface area contributed by atoms with Crippen LogP contribution < -0.4 is 16.2 Å². The standard InChI is InChI=1S/C15H16N4OS/c1-11(12-5-3-2-4-6-12)17-15(21)19-18-14(20)13-7-9-16-10-8-13/h2-11H,1H3,(H,18,20)(H2,17,19,21). The van der Waals surface area contributed by atoms with Gasteiger partial charge >= 0.3 is 0 Å². The van der Waals surface area contributed by atoms with Crippen molar-refractivity contribution in [2.45, 2.75) is 13.0 Å². The molecule has 0 aliphatic heterocycles. The Labute approximate surface area is 128 Å². The number of carbonyl (C=O) groups is 1. The zero-order valence-corrected chi connectivity index (χ0v) is 12.4. The number of pyridine rings is 1. The van der Waals surface area contributed by atoms with Crippen molar-refractivity contribution in [3.05, 3.63) is 66.0 Å². The second kappa shape index (κ2) is 7.35. The zero-order chi connectivity index (χ0) is 15.1. The van der Waals surface area contributed by atoms with Gasteiger partial charge in [0.25, 0.3) is 5.91 Å². The average molecular weight is 300 g/mol. The topological polar surface area (TPSA) is 66.0 Å². The number of hydrogen-bond donors (Lipinski definition) is 3. The summed E-state index contributed by atoms with van der Waals surface area (Å²) in [5, 5.41) is 3.45. The number of aromatic nitrogens is 1. The smallest absolute Gasteiger partial charge is 0.269 e. The first-order valence-electron chi connectivity index (χ1n) is 6.48. The summed E-state index contributed by atoms with van der Waals surface area (Å²) in [5.74, 6) is -0.270. The molecule has 0 saturated heterocycles. The van der Waals surface area contributed by atoms with Crippen molar-refractivity contribution in [3.63, 3.8) is 0 Å². The van der Waals surface area contributed by atoms with E-state index in [0.29, 0.717) is 10.7 Å². The predicted octanol–water partition coefficient (Wildman–Crippen LogP) is 1.95. The average Bonchev–Trinajstić information content (AvgIpc) is 2.54. The molecule has 1 aromatic carbocycles. The van der Waals surface area contributed by atoms with E-state index in [1.165, 1.54) is 0 Å². The number of nitrogens with one attached hydrogen (secondary N) is 3. The summed E-state index contributed by atoms with van der Waals surface area (Å²) < 4.78 is 0. The van der Waals surface area contributed by atoms with Crippen LogP contribution >= 0.6 is 12.2 Å². The fraction of sp³-hybridized carbons (Fsp3) is 0.133. The first-order chi connectivity index (χ1) is 10.2. The number of hydrogen-bond acceptors (Lipinski definition) is 3. The minimum atomic E-state index is -0.270. The van der Waals surface area contributed by atoms with Crippen LogP contribution in [0.5, 0.6) is 0 Å². The lowest BCUT2D eigenvalue weighted by atomic mass is 10.1. The molecule has 0 saturated carbocycles. The molecule has 2 aromatic rings. The largest absolute Gasteiger partial charge is 0.355 e. The Bertz CT molecular complexity index is 604. The number of nitrogens with zero attached hydrogens (tertiary/aromatic N) is 1. The van der Waals surface area contributed by atoms with Gasteiger partial charge < -0.3 is 5.32 Å². The van der Waals surface area contributed by atoms with E-state index in [4.69, 9.17) is 12.2 Å². The Kier molecular flexibility index (Phi) is 5.22. The molecule has 0 aliphatic carbocycles. The molecule has 0 aliphatic rings. The van der Waals surface area contributed by atoms with Gasteiger partial charge in [-0.25, -0.2) is 0 Å². The lowest BCUT2D eigenvalue weighted by molar-refractivity contribution is 0.0943. The maximum Gasteiger partial charge on any atom is 0.269 e. The van der Waals surface area contributed by atoms with Gasteiger partial charge in [0, 0.05) is 18.0 Å². The summed E-state index contributed by atoms with van der Waals surface area (Å²) in [6.07, 6.45) is 3.12. The number of thiocarbonyl (C=S) groups is 1. The van der Waals surface area contributed by atoms with Gasteiger partial charge in [-0.1, -0.05) is 30.3 Å². The highest BCUT2D eigenvalue weighted by Gasteiger charge is 2.08. The van der Waals surface area contributed by atoms with Crippen LogP contribution in [0.1, 0.15) is 28.9 Å². The number of carbonyl (C=O) groups excluding carboxylic acids is 1. The molecule has 0 spiro atoms. The van der Waals surface area contributed by atoms with Crippen LogP contribution in [-0.2, 0) is 0 Å². The lowest BCUT2D eigenvalue weighted by Gasteiger charge is -2.17. The van der Waals surface area contributed by atoms with Crippen molar-refractivity contribution < 1.29 is 4.79 Å². The summed E-state index contributed by atoms with van der Waals surface area (Å²) >= 11 is 5.15. The molecule has 21 heavy (non-hydrogen) atoms. The van der Waals surface area contributed by atoms with Crippen molar-refractivity contribution in [2.75, 3.05) is 0 Å². The van der Waals surface area contributed by atoms with Crippen LogP contribution in [-0.4, -0.2) is 16.0 Å². The molecule has 3 N–H and O–H groups in total. The maximum atomic E-state index is 11.8.